The molecule has 1 aromatic carbocycles. The minimum absolute atomic E-state index is 0.0944. The number of hydrogen-bond donors (Lipinski definition) is 0. The highest BCUT2D eigenvalue weighted by Crippen LogP contribution is 2.47. The average molecular weight is 431 g/mol. The fourth-order valence-electron chi connectivity index (χ4n) is 2.97. The molecule has 0 fully saturated rings. The Morgan fingerprint density at radius 3 is 2.34 bits per heavy atom. The van der Waals surface area contributed by atoms with Crippen molar-refractivity contribution >= 4 is 29.3 Å². The summed E-state index contributed by atoms with van der Waals surface area (Å²) >= 11 is 1.15. The summed E-state index contributed by atoms with van der Waals surface area (Å²) in [4.78, 5) is 18.0. The van der Waals surface area contributed by atoms with Gasteiger partial charge in [0.15, 0.2) is 10.4 Å². The second-order valence-corrected chi connectivity index (χ2v) is 9.38. The van der Waals surface area contributed by atoms with Crippen LogP contribution in [0.3, 0.4) is 0 Å². The standard InChI is InChI=1S/C20H22N3O4PS/c1-5-26-28(25,27-6-2)17-12-29-20-22-18(16(11-21)19(24)23(17)20)15-9-7-14(8-10-15)13(3)4/h7-10,12-13H,5-6H2,1-4H3. The van der Waals surface area contributed by atoms with E-state index in [9.17, 15) is 14.6 Å². The summed E-state index contributed by atoms with van der Waals surface area (Å²) in [5, 5.41) is 11.2. The van der Waals surface area contributed by atoms with E-state index >= 15 is 0 Å². The first kappa shape index (κ1) is 21.4. The summed E-state index contributed by atoms with van der Waals surface area (Å²) in [6.45, 7) is 7.88. The first-order valence-electron chi connectivity index (χ1n) is 9.30. The summed E-state index contributed by atoms with van der Waals surface area (Å²) in [5.41, 5.74) is 1.53. The molecule has 0 aliphatic rings. The van der Waals surface area contributed by atoms with Crippen molar-refractivity contribution in [1.29, 1.82) is 5.26 Å². The minimum Gasteiger partial charge on any atom is -0.304 e. The van der Waals surface area contributed by atoms with E-state index in [1.165, 1.54) is 4.40 Å². The van der Waals surface area contributed by atoms with Crippen molar-refractivity contribution in [2.75, 3.05) is 13.2 Å². The van der Waals surface area contributed by atoms with Crippen LogP contribution in [0.2, 0.25) is 0 Å². The van der Waals surface area contributed by atoms with Gasteiger partial charge in [-0.15, -0.1) is 11.3 Å². The maximum Gasteiger partial charge on any atom is 0.378 e. The molecule has 2 aromatic heterocycles. The van der Waals surface area contributed by atoms with Crippen LogP contribution in [-0.4, -0.2) is 22.6 Å². The summed E-state index contributed by atoms with van der Waals surface area (Å²) in [5.74, 6) is 0.367. The Bertz CT molecular complexity index is 1170. The number of nitrogens with zero attached hydrogens (tertiary/aromatic N) is 3. The van der Waals surface area contributed by atoms with Gasteiger partial charge in [0.25, 0.3) is 5.56 Å². The molecule has 0 bridgehead atoms. The molecular weight excluding hydrogens is 409 g/mol. The lowest BCUT2D eigenvalue weighted by Gasteiger charge is -2.16. The smallest absolute Gasteiger partial charge is 0.304 e. The Kier molecular flexibility index (Phi) is 6.35. The topological polar surface area (TPSA) is 93.7 Å². The lowest BCUT2D eigenvalue weighted by molar-refractivity contribution is 0.229. The quantitative estimate of drug-likeness (QED) is 0.518. The first-order valence-corrected chi connectivity index (χ1v) is 11.7. The van der Waals surface area contributed by atoms with Crippen molar-refractivity contribution in [3.8, 4) is 17.3 Å². The second kappa shape index (κ2) is 8.60. The predicted molar refractivity (Wildman–Crippen MR) is 114 cm³/mol. The van der Waals surface area contributed by atoms with Gasteiger partial charge in [0, 0.05) is 10.9 Å². The minimum atomic E-state index is -3.71. The van der Waals surface area contributed by atoms with Gasteiger partial charge in [-0.1, -0.05) is 38.1 Å². The van der Waals surface area contributed by atoms with E-state index in [2.05, 4.69) is 18.8 Å². The lowest BCUT2D eigenvalue weighted by atomic mass is 10.00. The molecule has 0 aliphatic heterocycles. The zero-order chi connectivity index (χ0) is 21.2. The lowest BCUT2D eigenvalue weighted by Crippen LogP contribution is -2.28. The molecular formula is C20H22N3O4PS. The van der Waals surface area contributed by atoms with Gasteiger partial charge >= 0.3 is 7.60 Å². The van der Waals surface area contributed by atoms with Crippen LogP contribution in [0.4, 0.5) is 0 Å². The largest absolute Gasteiger partial charge is 0.378 e. The van der Waals surface area contributed by atoms with Crippen LogP contribution in [0.15, 0.2) is 34.4 Å². The van der Waals surface area contributed by atoms with E-state index in [1.807, 2.05) is 30.3 Å². The molecule has 9 heteroatoms. The van der Waals surface area contributed by atoms with Crippen molar-refractivity contribution < 1.29 is 13.6 Å². The molecule has 0 unspecified atom stereocenters. The first-order chi connectivity index (χ1) is 13.9. The van der Waals surface area contributed by atoms with Gasteiger partial charge in [0.1, 0.15) is 11.6 Å². The Balaban J connectivity index is 2.24. The molecule has 7 nitrogen and oxygen atoms in total. The van der Waals surface area contributed by atoms with Crippen molar-refractivity contribution in [3.05, 3.63) is 51.1 Å². The van der Waals surface area contributed by atoms with Crippen LogP contribution in [0.25, 0.3) is 16.2 Å². The molecule has 0 N–H and O–H groups in total. The third kappa shape index (κ3) is 3.92. The number of hydrogen-bond acceptors (Lipinski definition) is 7. The number of fused-ring (bicyclic) bond motifs is 1. The summed E-state index contributed by atoms with van der Waals surface area (Å²) in [6.07, 6.45) is 0. The molecule has 3 aromatic rings. The number of benzene rings is 1. The molecule has 2 heterocycles. The Labute approximate surface area is 173 Å². The van der Waals surface area contributed by atoms with E-state index in [-0.39, 0.29) is 24.2 Å². The maximum absolute atomic E-state index is 13.2. The van der Waals surface area contributed by atoms with Gasteiger partial charge in [-0.25, -0.2) is 9.38 Å². The van der Waals surface area contributed by atoms with Crippen LogP contribution < -0.4 is 11.0 Å². The molecule has 0 aliphatic carbocycles. The normalized spacial score (nSPS) is 11.9. The monoisotopic (exact) mass is 431 g/mol. The third-order valence-corrected chi connectivity index (χ3v) is 7.48. The highest BCUT2D eigenvalue weighted by atomic mass is 32.1. The van der Waals surface area contributed by atoms with Crippen LogP contribution in [0, 0.1) is 11.3 Å². The molecule has 0 radical (unpaired) electrons. The van der Waals surface area contributed by atoms with Gasteiger partial charge in [0.05, 0.1) is 18.9 Å². The predicted octanol–water partition coefficient (Wildman–Crippen LogP) is 4.31. The van der Waals surface area contributed by atoms with E-state index in [1.54, 1.807) is 19.2 Å². The highest BCUT2D eigenvalue weighted by Gasteiger charge is 2.32. The fraction of sp³-hybridized carbons (Fsp3) is 0.350. The molecule has 0 spiro atoms. The average Bonchev–Trinajstić information content (AvgIpc) is 3.13. The summed E-state index contributed by atoms with van der Waals surface area (Å²) in [6, 6.07) is 9.59. The molecule has 0 atom stereocenters. The van der Waals surface area contributed by atoms with E-state index in [0.717, 1.165) is 16.9 Å². The van der Waals surface area contributed by atoms with Gasteiger partial charge in [-0.05, 0) is 25.3 Å². The molecule has 0 amide bonds. The van der Waals surface area contributed by atoms with Crippen LogP contribution >= 0.6 is 18.9 Å². The third-order valence-electron chi connectivity index (χ3n) is 4.39. The molecule has 0 saturated heterocycles. The van der Waals surface area contributed by atoms with Crippen molar-refractivity contribution in [2.45, 2.75) is 33.6 Å². The molecule has 3 rings (SSSR count). The zero-order valence-electron chi connectivity index (χ0n) is 16.7. The second-order valence-electron chi connectivity index (χ2n) is 6.57. The van der Waals surface area contributed by atoms with E-state index in [4.69, 9.17) is 9.05 Å². The Morgan fingerprint density at radius 1 is 1.21 bits per heavy atom. The zero-order valence-corrected chi connectivity index (χ0v) is 18.4. The van der Waals surface area contributed by atoms with Gasteiger partial charge in [-0.3, -0.25) is 9.36 Å². The highest BCUT2D eigenvalue weighted by molar-refractivity contribution is 7.62. The van der Waals surface area contributed by atoms with Crippen LogP contribution in [0.5, 0.6) is 0 Å². The summed E-state index contributed by atoms with van der Waals surface area (Å²) < 4.78 is 25.1. The Morgan fingerprint density at radius 2 is 1.83 bits per heavy atom. The summed E-state index contributed by atoms with van der Waals surface area (Å²) in [7, 11) is -3.71. The molecule has 29 heavy (non-hydrogen) atoms. The number of thiazole rings is 1. The molecule has 152 valence electrons. The Hall–Kier alpha value is -2.30. The van der Waals surface area contributed by atoms with Crippen LogP contribution in [-0.2, 0) is 13.6 Å². The van der Waals surface area contributed by atoms with Crippen molar-refractivity contribution in [3.63, 3.8) is 0 Å². The SMILES string of the molecule is CCOP(=O)(OCC)c1csc2nc(-c3ccc(C(C)C)cc3)c(C#N)c(=O)n12. The van der Waals surface area contributed by atoms with Gasteiger partial charge in [0.2, 0.25) is 0 Å². The number of aromatic nitrogens is 2. The number of nitriles is 1. The number of rotatable bonds is 7. The van der Waals surface area contributed by atoms with E-state index < -0.39 is 13.2 Å². The fourth-order valence-corrected chi connectivity index (χ4v) is 5.91. The van der Waals surface area contributed by atoms with Crippen molar-refractivity contribution in [2.24, 2.45) is 0 Å². The van der Waals surface area contributed by atoms with Crippen LogP contribution in [0.1, 0.15) is 44.7 Å². The van der Waals surface area contributed by atoms with Gasteiger partial charge in [-0.2, -0.15) is 5.26 Å². The maximum atomic E-state index is 13.2. The van der Waals surface area contributed by atoms with Gasteiger partial charge < -0.3 is 9.05 Å². The van der Waals surface area contributed by atoms with E-state index in [0.29, 0.717) is 22.1 Å². The molecule has 0 saturated carbocycles. The van der Waals surface area contributed by atoms with Crippen molar-refractivity contribution in [1.82, 2.24) is 9.38 Å².